The highest BCUT2D eigenvalue weighted by Crippen LogP contribution is 2.00. The minimum atomic E-state index is 0.676. The number of hydrogen-bond acceptors (Lipinski definition) is 33. The Labute approximate surface area is 573 Å². The van der Waals surface area contributed by atoms with Crippen molar-refractivity contribution in [3.63, 3.8) is 0 Å². The smallest absolute Gasteiger partial charge is 0.171 e. The van der Waals surface area contributed by atoms with Gasteiger partial charge in [0.25, 0.3) is 0 Å². The van der Waals surface area contributed by atoms with Crippen LogP contribution in [-0.4, -0.2) is 194 Å². The van der Waals surface area contributed by atoms with Gasteiger partial charge in [0.1, 0.15) is 59.6 Å². The van der Waals surface area contributed by atoms with Crippen molar-refractivity contribution < 1.29 is 0 Å². The minimum absolute atomic E-state index is 0.676. The lowest BCUT2D eigenvalue weighted by Crippen LogP contribution is -1.90. The van der Waals surface area contributed by atoms with E-state index in [2.05, 4.69) is 171 Å². The Hall–Kier alpha value is -11.4. The van der Waals surface area contributed by atoms with Gasteiger partial charge < -0.3 is 9.97 Å². The lowest BCUT2D eigenvalue weighted by Gasteiger charge is -1.77. The number of tetrazole rings is 3. The number of aryl methyl sites for hydroxylation is 16. The molecule has 0 saturated carbocycles. The van der Waals surface area contributed by atoms with Crippen LogP contribution in [0.4, 0.5) is 0 Å². The second kappa shape index (κ2) is 56.4. The molecule has 0 aromatic carbocycles. The van der Waals surface area contributed by atoms with Crippen LogP contribution in [0.15, 0.2) is 153 Å². The zero-order chi connectivity index (χ0) is 70.5. The van der Waals surface area contributed by atoms with Crippen LogP contribution in [0.1, 0.15) is 60.8 Å². The van der Waals surface area contributed by atoms with Crippen molar-refractivity contribution in [1.29, 1.82) is 0 Å². The number of aromatic nitrogens is 39. The minimum Gasteiger partial charge on any atom is -0.349 e. The Morgan fingerprint density at radius 2 is 1.30 bits per heavy atom. The predicted octanol–water partition coefficient (Wildman–Crippen LogP) is 6.41. The Balaban J connectivity index is 0.000000512. The molecule has 96 heavy (non-hydrogen) atoms. The molecule has 0 fully saturated rings. The van der Waals surface area contributed by atoms with Gasteiger partial charge in [0.2, 0.25) is 0 Å². The molecule has 0 aliphatic heterocycles. The first kappa shape index (κ1) is 82.6. The van der Waals surface area contributed by atoms with Crippen molar-refractivity contribution in [2.45, 2.75) is 76.2 Å². The van der Waals surface area contributed by atoms with Crippen LogP contribution in [-0.2, 0) is 35.2 Å². The van der Waals surface area contributed by atoms with E-state index in [4.69, 9.17) is 0 Å². The third kappa shape index (κ3) is 54.4. The van der Waals surface area contributed by atoms with Crippen molar-refractivity contribution in [3.8, 4) is 0 Å². The van der Waals surface area contributed by atoms with E-state index >= 15 is 0 Å². The normalized spacial score (nSPS) is 8.83. The Morgan fingerprint density at radius 1 is 0.490 bits per heavy atom. The number of imidazole rings is 2. The number of aromatic amines is 6. The van der Waals surface area contributed by atoms with E-state index in [0.29, 0.717) is 5.82 Å². The molecule has 0 aliphatic carbocycles. The molecule has 16 heterocycles. The SMILES string of the molecule is Cc1ccn[nH]1.Cc1ccns1.Cc1cn[nH]n1.Cc1cnc[nH]1.Cc1cncs1.Cc1cscn1.Cc1ncc[nH]1.Cc1ncn[nH]1.Cc1ncns1.Cc1ncsn1.Cc1nn[nH]n1.Cn1cccn1.Cn1cncn1.Cn1cnnn1.Cn1nccn1.Cn1ncnn1. The summed E-state index contributed by atoms with van der Waals surface area (Å²) in [6, 6.07) is 5.80. The van der Waals surface area contributed by atoms with Gasteiger partial charge >= 0.3 is 0 Å². The van der Waals surface area contributed by atoms with E-state index in [-0.39, 0.29) is 0 Å². The summed E-state index contributed by atoms with van der Waals surface area (Å²) in [6.45, 7) is 21.2. The largest absolute Gasteiger partial charge is 0.349 e. The average Bonchev–Trinajstić information content (AvgIpc) is 4.35. The molecule has 44 heteroatoms. The molecule has 0 amide bonds. The van der Waals surface area contributed by atoms with Crippen LogP contribution < -0.4 is 0 Å². The molecular weight excluding hydrogens is 1330 g/mol. The number of thiazole rings is 2. The van der Waals surface area contributed by atoms with Crippen LogP contribution in [0.3, 0.4) is 0 Å². The molecule has 0 saturated heterocycles. The highest BCUT2D eigenvalue weighted by molar-refractivity contribution is 7.09. The zero-order valence-corrected chi connectivity index (χ0v) is 59.8. The van der Waals surface area contributed by atoms with Crippen molar-refractivity contribution in [2.24, 2.45) is 35.2 Å². The van der Waals surface area contributed by atoms with Crippen molar-refractivity contribution in [1.82, 2.24) is 194 Å². The second-order valence-corrected chi connectivity index (χ2v) is 21.7. The fourth-order valence-electron chi connectivity index (χ4n) is 4.34. The Bertz CT molecular complexity index is 2810. The summed E-state index contributed by atoms with van der Waals surface area (Å²) < 4.78 is 16.4. The van der Waals surface area contributed by atoms with Crippen LogP contribution in [0, 0.1) is 76.2 Å². The number of nitrogens with zero attached hydrogens (tertiary/aromatic N) is 33. The second-order valence-electron chi connectivity index (χ2n) is 17.3. The quantitative estimate of drug-likeness (QED) is 0.0955. The van der Waals surface area contributed by atoms with Crippen LogP contribution in [0.2, 0.25) is 0 Å². The Kier molecular flexibility index (Phi) is 48.5. The maximum absolute atomic E-state index is 3.94. The molecule has 39 nitrogen and oxygen atoms in total. The first-order valence-electron chi connectivity index (χ1n) is 27.4. The summed E-state index contributed by atoms with van der Waals surface area (Å²) in [6.07, 6.45) is 30.0. The van der Waals surface area contributed by atoms with Gasteiger partial charge in [-0.05, 0) is 145 Å². The molecule has 0 spiro atoms. The van der Waals surface area contributed by atoms with E-state index in [9.17, 15) is 0 Å². The van der Waals surface area contributed by atoms with Crippen molar-refractivity contribution >= 4 is 57.3 Å². The molecule has 16 aromatic heterocycles. The van der Waals surface area contributed by atoms with E-state index in [0.717, 1.165) is 45.3 Å². The van der Waals surface area contributed by atoms with Crippen LogP contribution >= 0.6 is 57.3 Å². The standard InChI is InChI=1S/4C4H6N2.3C4H5NS.4C3H5N3.2C3H4N2S.3C2H4N4/c1-4-2-5-3-6-4;1-6-4-2-3-5-6;1-4-5-2-3-6-4;1-4-2-3-5-6-4;1-4-2-6-3-5-4;1-4-2-5-3-6-4;1-4-2-3-5-6-4;1-6-3-4-2-5-6;1-6-4-2-3-5-6;1-3-4-2-5-6-3;1-3-2-4-6-5-3;1-3-4-2-6-5-3;1-3-4-2-5-6-3;1-6-2-3-4-5-6;1-6-4-2-3-5-6;1-2-3-5-6-4-2/h2-3H,1H3,(H,5,6);2-4H,1H3;2*2-3H,1H3,(H,5,6);5*2-3H,1H3;2*2H,1H3,(H,4,5,6);4*2H,1H3;1H3,(H,3,4,5,6). The van der Waals surface area contributed by atoms with Gasteiger partial charge in [-0.3, -0.25) is 29.5 Å². The summed E-state index contributed by atoms with van der Waals surface area (Å²) in [5, 5.41) is 73.8. The van der Waals surface area contributed by atoms with Gasteiger partial charge in [-0.2, -0.15) is 69.6 Å². The summed E-state index contributed by atoms with van der Waals surface area (Å²) in [5.41, 5.74) is 9.62. The summed E-state index contributed by atoms with van der Waals surface area (Å²) >= 11 is 7.62. The highest BCUT2D eigenvalue weighted by atomic mass is 32.1. The topological polar surface area (TPSA) is 480 Å². The van der Waals surface area contributed by atoms with Gasteiger partial charge in [0.15, 0.2) is 12.2 Å². The third-order valence-corrected chi connectivity index (χ3v) is 11.9. The van der Waals surface area contributed by atoms with Crippen molar-refractivity contribution in [2.75, 3.05) is 0 Å². The maximum Gasteiger partial charge on any atom is 0.171 e. The van der Waals surface area contributed by atoms with Gasteiger partial charge in [0.05, 0.1) is 48.7 Å². The molecule has 512 valence electrons. The van der Waals surface area contributed by atoms with E-state index in [1.54, 1.807) is 140 Å². The van der Waals surface area contributed by atoms with Crippen molar-refractivity contribution in [3.05, 3.63) is 213 Å². The van der Waals surface area contributed by atoms with E-state index < -0.39 is 0 Å². The average molecular weight is 1410 g/mol. The molecule has 0 aliphatic rings. The number of H-pyrrole nitrogens is 6. The van der Waals surface area contributed by atoms with Gasteiger partial charge in [-0.1, -0.05) is 5.21 Å². The lowest BCUT2D eigenvalue weighted by atomic mass is 10.5. The summed E-state index contributed by atoms with van der Waals surface area (Å²) in [7, 11) is 8.97. The fourth-order valence-corrected chi connectivity index (χ4v) is 6.49. The first-order chi connectivity index (χ1) is 46.3. The molecule has 16 aromatic rings. The first-order valence-corrected chi connectivity index (χ1v) is 31.6. The van der Waals surface area contributed by atoms with Crippen LogP contribution in [0.5, 0.6) is 0 Å². The molecule has 16 rings (SSSR count). The Morgan fingerprint density at radius 3 is 1.47 bits per heavy atom. The summed E-state index contributed by atoms with van der Waals surface area (Å²) in [5.74, 6) is 3.36. The number of nitrogens with one attached hydrogen (secondary N) is 6. The molecule has 0 bridgehead atoms. The number of rotatable bonds is 0. The fraction of sp³-hybridized carbons (Fsp3) is 0.308. The lowest BCUT2D eigenvalue weighted by molar-refractivity contribution is 0.630. The number of hydrogen-bond donors (Lipinski definition) is 6. The van der Waals surface area contributed by atoms with Gasteiger partial charge in [-0.25, -0.2) is 39.0 Å². The van der Waals surface area contributed by atoms with E-state index in [1.165, 1.54) is 83.9 Å². The molecule has 6 N–H and O–H groups in total. The zero-order valence-electron chi connectivity index (χ0n) is 55.7. The van der Waals surface area contributed by atoms with E-state index in [1.807, 2.05) is 130 Å². The molecule has 0 radical (unpaired) electrons. The van der Waals surface area contributed by atoms with Crippen LogP contribution in [0.25, 0.3) is 0 Å². The van der Waals surface area contributed by atoms with Gasteiger partial charge in [-0.15, -0.1) is 48.2 Å². The van der Waals surface area contributed by atoms with Gasteiger partial charge in [0, 0.05) is 110 Å². The molecule has 0 unspecified atom stereocenters. The summed E-state index contributed by atoms with van der Waals surface area (Å²) in [4.78, 5) is 41.7. The maximum atomic E-state index is 3.94. The molecule has 0 atom stereocenters. The predicted molar refractivity (Wildman–Crippen MR) is 364 cm³/mol. The third-order valence-electron chi connectivity index (χ3n) is 8.66. The highest BCUT2D eigenvalue weighted by Gasteiger charge is 1.83. The monoisotopic (exact) mass is 1410 g/mol. The molecular formula is C52H79N39S5.